The minimum atomic E-state index is -0.640. The maximum Gasteiger partial charge on any atom is 0.379 e. The van der Waals surface area contributed by atoms with E-state index in [4.69, 9.17) is 9.15 Å². The number of hydrogen-bond acceptors (Lipinski definition) is 4. The van der Waals surface area contributed by atoms with Crippen molar-refractivity contribution < 1.29 is 13.9 Å². The lowest BCUT2D eigenvalue weighted by Gasteiger charge is -2.04. The third kappa shape index (κ3) is 1.40. The van der Waals surface area contributed by atoms with Crippen LogP contribution in [0.4, 0.5) is 0 Å². The molecule has 15 heavy (non-hydrogen) atoms. The van der Waals surface area contributed by atoms with Gasteiger partial charge in [-0.25, -0.2) is 4.79 Å². The van der Waals surface area contributed by atoms with E-state index in [0.717, 1.165) is 0 Å². The number of carbonyl (C=O) groups excluding carboxylic acids is 1. The van der Waals surface area contributed by atoms with Gasteiger partial charge in [0.25, 0.3) is 0 Å². The fourth-order valence-corrected chi connectivity index (χ4v) is 1.47. The summed E-state index contributed by atoms with van der Waals surface area (Å²) in [6, 6.07) is 6.81. The lowest BCUT2D eigenvalue weighted by Crippen LogP contribution is -2.07. The van der Waals surface area contributed by atoms with Crippen LogP contribution in [0.1, 0.15) is 10.4 Å². The van der Waals surface area contributed by atoms with Crippen LogP contribution in [0.15, 0.2) is 33.5 Å². The zero-order chi connectivity index (χ0) is 10.8. The zero-order valence-corrected chi connectivity index (χ0v) is 8.02. The molecule has 0 saturated heterocycles. The summed E-state index contributed by atoms with van der Waals surface area (Å²) in [5.41, 5.74) is -0.0342. The van der Waals surface area contributed by atoms with Crippen molar-refractivity contribution in [2.24, 2.45) is 0 Å². The summed E-state index contributed by atoms with van der Waals surface area (Å²) >= 11 is 0. The monoisotopic (exact) mass is 204 g/mol. The van der Waals surface area contributed by atoms with E-state index in [1.54, 1.807) is 24.3 Å². The smallest absolute Gasteiger partial charge is 0.379 e. The van der Waals surface area contributed by atoms with Crippen molar-refractivity contribution >= 4 is 17.3 Å². The van der Waals surface area contributed by atoms with Crippen LogP contribution in [0.25, 0.3) is 11.0 Å². The molecule has 0 radical (unpaired) electrons. The van der Waals surface area contributed by atoms with Crippen molar-refractivity contribution in [1.29, 1.82) is 0 Å². The van der Waals surface area contributed by atoms with Crippen LogP contribution in [0, 0.1) is 0 Å². The fourth-order valence-electron chi connectivity index (χ4n) is 1.47. The summed E-state index contributed by atoms with van der Waals surface area (Å²) < 4.78 is 9.82. The highest BCUT2D eigenvalue weighted by atomic mass is 16.5. The lowest BCUT2D eigenvalue weighted by molar-refractivity contribution is 0.112. The number of ether oxygens (including phenoxy) is 1. The van der Waals surface area contributed by atoms with E-state index in [1.165, 1.54) is 7.11 Å². The minimum absolute atomic E-state index is 0.0521. The first-order chi connectivity index (χ1) is 7.27. The first kappa shape index (κ1) is 9.45. The molecule has 1 aromatic carbocycles. The molecule has 4 nitrogen and oxygen atoms in total. The second-order valence-corrected chi connectivity index (χ2v) is 2.95. The van der Waals surface area contributed by atoms with E-state index in [0.29, 0.717) is 17.3 Å². The Morgan fingerprint density at radius 2 is 2.07 bits per heavy atom. The highest BCUT2D eigenvalue weighted by molar-refractivity contribution is 5.97. The van der Waals surface area contributed by atoms with Gasteiger partial charge in [-0.3, -0.25) is 4.79 Å². The van der Waals surface area contributed by atoms with Crippen LogP contribution >= 0.6 is 0 Å². The van der Waals surface area contributed by atoms with Gasteiger partial charge in [0.2, 0.25) is 5.75 Å². The van der Waals surface area contributed by atoms with Crippen LogP contribution in [0.5, 0.6) is 5.75 Å². The summed E-state index contributed by atoms with van der Waals surface area (Å²) in [7, 11) is 1.33. The minimum Gasteiger partial charge on any atom is -0.489 e. The summed E-state index contributed by atoms with van der Waals surface area (Å²) in [4.78, 5) is 22.3. The molecule has 0 fully saturated rings. The molecular weight excluding hydrogens is 196 g/mol. The molecule has 2 rings (SSSR count). The third-order valence-electron chi connectivity index (χ3n) is 2.13. The SMILES string of the molecule is COc1c(C=O)c2ccccc2oc1=O. The van der Waals surface area contributed by atoms with E-state index in [-0.39, 0.29) is 11.3 Å². The van der Waals surface area contributed by atoms with Gasteiger partial charge in [-0.1, -0.05) is 18.2 Å². The summed E-state index contributed by atoms with van der Waals surface area (Å²) in [5, 5.41) is 0.573. The molecule has 0 bridgehead atoms. The Kier molecular flexibility index (Phi) is 2.25. The van der Waals surface area contributed by atoms with E-state index in [2.05, 4.69) is 0 Å². The predicted molar refractivity (Wildman–Crippen MR) is 54.4 cm³/mol. The molecule has 0 atom stereocenters. The predicted octanol–water partition coefficient (Wildman–Crippen LogP) is 1.61. The van der Waals surface area contributed by atoms with Crippen LogP contribution in [-0.4, -0.2) is 13.4 Å². The number of rotatable bonds is 2. The van der Waals surface area contributed by atoms with Crippen molar-refractivity contribution in [3.63, 3.8) is 0 Å². The quantitative estimate of drug-likeness (QED) is 0.551. The number of aldehydes is 1. The Morgan fingerprint density at radius 3 is 2.73 bits per heavy atom. The van der Waals surface area contributed by atoms with Gasteiger partial charge < -0.3 is 9.15 Å². The normalized spacial score (nSPS) is 10.2. The van der Waals surface area contributed by atoms with Gasteiger partial charge in [0.1, 0.15) is 5.58 Å². The molecule has 0 aliphatic heterocycles. The van der Waals surface area contributed by atoms with Crippen molar-refractivity contribution in [3.05, 3.63) is 40.2 Å². The molecule has 0 saturated carbocycles. The molecule has 0 aliphatic carbocycles. The number of hydrogen-bond donors (Lipinski definition) is 0. The maximum atomic E-state index is 11.4. The van der Waals surface area contributed by atoms with Gasteiger partial charge in [-0.15, -0.1) is 0 Å². The van der Waals surface area contributed by atoms with Gasteiger partial charge in [0, 0.05) is 5.39 Å². The first-order valence-electron chi connectivity index (χ1n) is 4.33. The Balaban J connectivity index is 2.97. The molecule has 0 unspecified atom stereocenters. The molecule has 4 heteroatoms. The molecule has 2 aromatic rings. The summed E-state index contributed by atoms with van der Waals surface area (Å²) in [6.07, 6.45) is 0.595. The highest BCUT2D eigenvalue weighted by Crippen LogP contribution is 2.22. The zero-order valence-electron chi connectivity index (χ0n) is 8.02. The second kappa shape index (κ2) is 3.57. The molecule has 0 N–H and O–H groups in total. The van der Waals surface area contributed by atoms with Crippen LogP contribution in [0.3, 0.4) is 0 Å². The van der Waals surface area contributed by atoms with Gasteiger partial charge in [0.05, 0.1) is 12.7 Å². The van der Waals surface area contributed by atoms with Crippen molar-refractivity contribution in [3.8, 4) is 5.75 Å². The molecular formula is C11H8O4. The Morgan fingerprint density at radius 1 is 1.33 bits per heavy atom. The Labute approximate surface area is 85.1 Å². The van der Waals surface area contributed by atoms with E-state index in [9.17, 15) is 9.59 Å². The van der Waals surface area contributed by atoms with E-state index < -0.39 is 5.63 Å². The molecule has 0 aliphatic rings. The van der Waals surface area contributed by atoms with Crippen LogP contribution < -0.4 is 10.4 Å². The second-order valence-electron chi connectivity index (χ2n) is 2.95. The van der Waals surface area contributed by atoms with E-state index >= 15 is 0 Å². The van der Waals surface area contributed by atoms with Gasteiger partial charge in [-0.05, 0) is 6.07 Å². The number of fused-ring (bicyclic) bond motifs is 1. The standard InChI is InChI=1S/C11H8O4/c1-14-10-8(6-12)7-4-2-3-5-9(7)15-11(10)13/h2-6H,1H3. The molecule has 76 valence electrons. The first-order valence-corrected chi connectivity index (χ1v) is 4.33. The van der Waals surface area contributed by atoms with Crippen LogP contribution in [-0.2, 0) is 0 Å². The molecule has 0 spiro atoms. The average Bonchev–Trinajstić information content (AvgIpc) is 2.27. The van der Waals surface area contributed by atoms with Crippen molar-refractivity contribution in [1.82, 2.24) is 0 Å². The number of methoxy groups -OCH3 is 1. The Hall–Kier alpha value is -2.10. The number of carbonyl (C=O) groups is 1. The topological polar surface area (TPSA) is 56.5 Å². The average molecular weight is 204 g/mol. The maximum absolute atomic E-state index is 11.4. The summed E-state index contributed by atoms with van der Waals surface area (Å²) in [6.45, 7) is 0. The molecule has 0 amide bonds. The highest BCUT2D eigenvalue weighted by Gasteiger charge is 2.13. The largest absolute Gasteiger partial charge is 0.489 e. The fraction of sp³-hybridized carbons (Fsp3) is 0.0909. The number of para-hydroxylation sites is 1. The summed E-state index contributed by atoms with van der Waals surface area (Å²) in [5.74, 6) is -0.0521. The van der Waals surface area contributed by atoms with Crippen molar-refractivity contribution in [2.75, 3.05) is 7.11 Å². The van der Waals surface area contributed by atoms with Crippen LogP contribution in [0.2, 0.25) is 0 Å². The van der Waals surface area contributed by atoms with Gasteiger partial charge >= 0.3 is 5.63 Å². The van der Waals surface area contributed by atoms with Gasteiger partial charge in [-0.2, -0.15) is 0 Å². The van der Waals surface area contributed by atoms with Gasteiger partial charge in [0.15, 0.2) is 6.29 Å². The third-order valence-corrected chi connectivity index (χ3v) is 2.13. The number of benzene rings is 1. The molecule has 1 aromatic heterocycles. The van der Waals surface area contributed by atoms with E-state index in [1.807, 2.05) is 0 Å². The lowest BCUT2D eigenvalue weighted by atomic mass is 10.1. The Bertz CT molecular complexity index is 568. The molecule has 1 heterocycles. The van der Waals surface area contributed by atoms with Crippen molar-refractivity contribution in [2.45, 2.75) is 0 Å².